The van der Waals surface area contributed by atoms with Gasteiger partial charge in [0.05, 0.1) is 38.3 Å². The van der Waals surface area contributed by atoms with E-state index in [0.717, 1.165) is 0 Å². The van der Waals surface area contributed by atoms with Crippen LogP contribution in [0.15, 0.2) is 0 Å². The lowest BCUT2D eigenvalue weighted by atomic mass is 10.1. The highest BCUT2D eigenvalue weighted by molar-refractivity contribution is 5.99. The Morgan fingerprint density at radius 2 is 0.719 bits per heavy atom. The van der Waals surface area contributed by atoms with Gasteiger partial charge in [0.2, 0.25) is 41.4 Å². The minimum atomic E-state index is -2.19. The largest absolute Gasteiger partial charge is 0.481 e. The molecule has 0 aromatic carbocycles. The Balaban J connectivity index is 6.32. The van der Waals surface area contributed by atoms with Gasteiger partial charge in [-0.15, -0.1) is 0 Å². The minimum absolute atomic E-state index is 0.729. The lowest BCUT2D eigenvalue weighted by molar-refractivity contribution is -0.144. The molecule has 0 spiro atoms. The molecule has 7 amide bonds. The molecule has 318 valence electrons. The Morgan fingerprint density at radius 3 is 1.05 bits per heavy atom. The van der Waals surface area contributed by atoms with Crippen LogP contribution in [-0.2, 0) is 62.3 Å². The maximum absolute atomic E-state index is 13.3. The summed E-state index contributed by atoms with van der Waals surface area (Å²) >= 11 is 0. The van der Waals surface area contributed by atoms with Crippen LogP contribution in [-0.4, -0.2) is 162 Å². The van der Waals surface area contributed by atoms with E-state index in [1.165, 1.54) is 0 Å². The van der Waals surface area contributed by atoms with Gasteiger partial charge in [-0.2, -0.15) is 0 Å². The number of carbonyl (C=O) groups is 13. The van der Waals surface area contributed by atoms with Crippen molar-refractivity contribution in [2.75, 3.05) is 6.61 Å². The smallest absolute Gasteiger partial charge is 0.326 e. The third kappa shape index (κ3) is 20.3. The third-order valence-electron chi connectivity index (χ3n) is 7.15. The standard InChI is InChI=1S/C29H42N8O20/c30-10(5-20(44)45)23(50)34-13(7-21(46)47)27(54)37-16(9-38)28(55)35-14(8-22(48)49)26(53)33-11(1-3-18(40)41)24(51)32-12(2-4-19(42)43)25(52)36-15(29(56)57)6-17(31)39/h10-16,38H,1-9,30H2,(H2,31,39)(H,32,51)(H,33,53)(H,34,50)(H,35,55)(H,36,52)(H,37,54)(H,40,41)(H,42,43)(H,44,45)(H,46,47)(H,48,49)(H,56,57)/t10-,11-,12-,13-,14-,15-,16-/m0/s1. The third-order valence-corrected chi connectivity index (χ3v) is 7.15. The van der Waals surface area contributed by atoms with Gasteiger partial charge < -0.3 is 79.1 Å². The number of aliphatic hydroxyl groups is 1. The van der Waals surface area contributed by atoms with Crippen molar-refractivity contribution >= 4 is 77.2 Å². The first-order chi connectivity index (χ1) is 26.4. The molecule has 17 N–H and O–H groups in total. The van der Waals surface area contributed by atoms with Crippen molar-refractivity contribution in [3.63, 3.8) is 0 Å². The molecule has 0 rings (SSSR count). The first-order valence-electron chi connectivity index (χ1n) is 16.2. The zero-order valence-electron chi connectivity index (χ0n) is 29.5. The van der Waals surface area contributed by atoms with Crippen molar-refractivity contribution in [2.45, 2.75) is 93.7 Å². The molecule has 0 aromatic rings. The number of amides is 7. The average Bonchev–Trinajstić information content (AvgIpc) is 3.08. The van der Waals surface area contributed by atoms with Crippen molar-refractivity contribution in [1.29, 1.82) is 0 Å². The topological polar surface area (TPSA) is 488 Å². The molecule has 0 aliphatic carbocycles. The number of hydrogen-bond acceptors (Lipinski definition) is 15. The molecule has 0 aliphatic rings. The number of carboxylic acids is 6. The number of carboxylic acid groups (broad SMARTS) is 6. The summed E-state index contributed by atoms with van der Waals surface area (Å²) in [5, 5.41) is 76.0. The number of aliphatic carboxylic acids is 6. The van der Waals surface area contributed by atoms with E-state index < -0.39 is 177 Å². The Bertz CT molecular complexity index is 1590. The highest BCUT2D eigenvalue weighted by Gasteiger charge is 2.35. The van der Waals surface area contributed by atoms with Gasteiger partial charge in [-0.25, -0.2) is 4.79 Å². The summed E-state index contributed by atoms with van der Waals surface area (Å²) in [5.74, 6) is -19.5. The number of rotatable bonds is 28. The van der Waals surface area contributed by atoms with Crippen molar-refractivity contribution in [1.82, 2.24) is 31.9 Å². The number of hydrogen-bond donors (Lipinski definition) is 15. The molecule has 0 heterocycles. The SMILES string of the molecule is NC(=O)C[C@H](NC(=O)[C@H](CCC(=O)O)NC(=O)[C@H](CCC(=O)O)NC(=O)[C@H](CC(=O)O)NC(=O)[C@H](CO)NC(=O)[C@H](CC(=O)O)NC(=O)[C@@H](N)CC(=O)O)C(=O)O. The maximum Gasteiger partial charge on any atom is 0.326 e. The van der Waals surface area contributed by atoms with Crippen LogP contribution in [0.1, 0.15) is 51.4 Å². The second kappa shape index (κ2) is 24.4. The van der Waals surface area contributed by atoms with Crippen LogP contribution >= 0.6 is 0 Å². The first kappa shape index (κ1) is 50.0. The fourth-order valence-corrected chi connectivity index (χ4v) is 4.36. The lowest BCUT2D eigenvalue weighted by Gasteiger charge is -2.26. The van der Waals surface area contributed by atoms with Crippen LogP contribution in [0.4, 0.5) is 0 Å². The van der Waals surface area contributed by atoms with E-state index in [9.17, 15) is 82.8 Å². The molecule has 0 radical (unpaired) electrons. The van der Waals surface area contributed by atoms with Gasteiger partial charge in [-0.1, -0.05) is 0 Å². The summed E-state index contributed by atoms with van der Waals surface area (Å²) in [7, 11) is 0. The fourth-order valence-electron chi connectivity index (χ4n) is 4.36. The monoisotopic (exact) mass is 822 g/mol. The predicted molar refractivity (Wildman–Crippen MR) is 179 cm³/mol. The molecule has 57 heavy (non-hydrogen) atoms. The Hall–Kier alpha value is -6.97. The van der Waals surface area contributed by atoms with Crippen molar-refractivity contribution in [3.05, 3.63) is 0 Å². The van der Waals surface area contributed by atoms with Gasteiger partial charge >= 0.3 is 35.8 Å². The highest BCUT2D eigenvalue weighted by Crippen LogP contribution is 2.07. The van der Waals surface area contributed by atoms with E-state index >= 15 is 0 Å². The molecule has 0 aliphatic heterocycles. The molecule has 0 aromatic heterocycles. The van der Waals surface area contributed by atoms with Crippen LogP contribution in [0.3, 0.4) is 0 Å². The summed E-state index contributed by atoms with van der Waals surface area (Å²) < 4.78 is 0. The van der Waals surface area contributed by atoms with E-state index in [-0.39, 0.29) is 0 Å². The van der Waals surface area contributed by atoms with Gasteiger partial charge in [-0.05, 0) is 12.8 Å². The van der Waals surface area contributed by atoms with Gasteiger partial charge in [0.15, 0.2) is 0 Å². The van der Waals surface area contributed by atoms with Crippen LogP contribution in [0, 0.1) is 0 Å². The van der Waals surface area contributed by atoms with Gasteiger partial charge in [0.25, 0.3) is 0 Å². The quantitative estimate of drug-likeness (QED) is 0.0348. The summed E-state index contributed by atoms with van der Waals surface area (Å²) in [6.45, 7) is -1.31. The van der Waals surface area contributed by atoms with E-state index in [4.69, 9.17) is 26.8 Å². The molecule has 0 fully saturated rings. The molecule has 7 atom stereocenters. The number of carbonyl (C=O) groups excluding carboxylic acids is 7. The van der Waals surface area contributed by atoms with Gasteiger partial charge in [0, 0.05) is 12.8 Å². The van der Waals surface area contributed by atoms with E-state index in [2.05, 4.69) is 0 Å². The molecule has 0 saturated heterocycles. The number of nitrogens with two attached hydrogens (primary N) is 2. The highest BCUT2D eigenvalue weighted by atomic mass is 16.4. The second-order valence-electron chi connectivity index (χ2n) is 11.8. The van der Waals surface area contributed by atoms with Crippen LogP contribution in [0.25, 0.3) is 0 Å². The van der Waals surface area contributed by atoms with Gasteiger partial charge in [0.1, 0.15) is 36.3 Å². The summed E-state index contributed by atoms with van der Waals surface area (Å²) in [4.78, 5) is 156. The van der Waals surface area contributed by atoms with Crippen LogP contribution < -0.4 is 43.4 Å². The number of nitrogens with one attached hydrogen (secondary N) is 6. The van der Waals surface area contributed by atoms with E-state index in [1.54, 1.807) is 0 Å². The van der Waals surface area contributed by atoms with E-state index in [1.807, 2.05) is 31.9 Å². The Kier molecular flexibility index (Phi) is 21.5. The van der Waals surface area contributed by atoms with Crippen LogP contribution in [0.5, 0.6) is 0 Å². The molecule has 28 heteroatoms. The van der Waals surface area contributed by atoms with Crippen molar-refractivity contribution in [2.24, 2.45) is 11.5 Å². The summed E-state index contributed by atoms with van der Waals surface area (Å²) in [5.41, 5.74) is 10.4. The number of primary amides is 1. The van der Waals surface area contributed by atoms with Gasteiger partial charge in [-0.3, -0.25) is 57.5 Å². The fraction of sp³-hybridized carbons (Fsp3) is 0.552. The summed E-state index contributed by atoms with van der Waals surface area (Å²) in [6, 6.07) is -13.9. The molecular weight excluding hydrogens is 780 g/mol. The zero-order chi connectivity index (χ0) is 44.2. The first-order valence-corrected chi connectivity index (χ1v) is 16.2. The molecule has 28 nitrogen and oxygen atoms in total. The Morgan fingerprint density at radius 1 is 0.404 bits per heavy atom. The summed E-state index contributed by atoms with van der Waals surface area (Å²) in [6.07, 6.45) is -7.54. The normalized spacial score (nSPS) is 14.3. The molecule has 0 unspecified atom stereocenters. The second-order valence-corrected chi connectivity index (χ2v) is 11.8. The van der Waals surface area contributed by atoms with Crippen molar-refractivity contribution in [3.8, 4) is 0 Å². The van der Waals surface area contributed by atoms with Crippen molar-refractivity contribution < 1.29 is 98.1 Å². The van der Waals surface area contributed by atoms with Crippen LogP contribution in [0.2, 0.25) is 0 Å². The zero-order valence-corrected chi connectivity index (χ0v) is 29.5. The number of aliphatic hydroxyl groups excluding tert-OH is 1. The predicted octanol–water partition coefficient (Wildman–Crippen LogP) is -7.67. The Labute approximate surface area is 319 Å². The lowest BCUT2D eigenvalue weighted by Crippen LogP contribution is -2.60. The maximum atomic E-state index is 13.3. The minimum Gasteiger partial charge on any atom is -0.481 e. The molecule has 0 bridgehead atoms. The average molecular weight is 823 g/mol. The molecule has 0 saturated carbocycles. The van der Waals surface area contributed by atoms with E-state index in [0.29, 0.717) is 0 Å². The molecular formula is C29H42N8O20.